The highest BCUT2D eigenvalue weighted by Crippen LogP contribution is 2.15. The third-order valence-electron chi connectivity index (χ3n) is 4.54. The number of rotatable bonds is 7. The molecule has 0 bridgehead atoms. The zero-order valence-corrected chi connectivity index (χ0v) is 15.9. The number of anilines is 1. The first-order valence-corrected chi connectivity index (χ1v) is 9.26. The molecule has 2 aromatic rings. The fourth-order valence-corrected chi connectivity index (χ4v) is 3.05. The molecule has 27 heavy (non-hydrogen) atoms. The summed E-state index contributed by atoms with van der Waals surface area (Å²) in [4.78, 5) is 6.86. The van der Waals surface area contributed by atoms with Gasteiger partial charge >= 0.3 is 0 Å². The fourth-order valence-electron chi connectivity index (χ4n) is 3.05. The van der Waals surface area contributed by atoms with Crippen molar-refractivity contribution in [2.24, 2.45) is 10.7 Å². The number of methoxy groups -OCH3 is 1. The summed E-state index contributed by atoms with van der Waals surface area (Å²) < 4.78 is 10.6. The summed E-state index contributed by atoms with van der Waals surface area (Å²) in [5.74, 6) is 0.399. The van der Waals surface area contributed by atoms with Gasteiger partial charge in [-0.2, -0.15) is 0 Å². The van der Waals surface area contributed by atoms with Gasteiger partial charge in [0, 0.05) is 38.0 Å². The third kappa shape index (κ3) is 6.06. The smallest absolute Gasteiger partial charge is 0.193 e. The second kappa shape index (κ2) is 10.1. The van der Waals surface area contributed by atoms with Gasteiger partial charge in [0.15, 0.2) is 5.96 Å². The molecule has 144 valence electrons. The van der Waals surface area contributed by atoms with Crippen molar-refractivity contribution in [2.45, 2.75) is 19.7 Å². The van der Waals surface area contributed by atoms with Crippen LogP contribution in [0, 0.1) is 0 Å². The van der Waals surface area contributed by atoms with Crippen LogP contribution in [0.25, 0.3) is 0 Å². The van der Waals surface area contributed by atoms with Crippen molar-refractivity contribution < 1.29 is 9.47 Å². The maximum Gasteiger partial charge on any atom is 0.193 e. The highest BCUT2D eigenvalue weighted by atomic mass is 16.5. The Morgan fingerprint density at radius 1 is 1.11 bits per heavy atom. The molecule has 6 heteroatoms. The van der Waals surface area contributed by atoms with E-state index in [-0.39, 0.29) is 0 Å². The Balaban J connectivity index is 1.54. The Morgan fingerprint density at radius 2 is 1.81 bits per heavy atom. The summed E-state index contributed by atoms with van der Waals surface area (Å²) >= 11 is 0. The van der Waals surface area contributed by atoms with Crippen molar-refractivity contribution in [1.29, 1.82) is 0 Å². The normalized spacial score (nSPS) is 15.7. The molecular formula is C21H28N4O2. The summed E-state index contributed by atoms with van der Waals surface area (Å²) in [5.41, 5.74) is 10.5. The van der Waals surface area contributed by atoms with E-state index in [1.165, 1.54) is 5.56 Å². The molecule has 1 fully saturated rings. The highest BCUT2D eigenvalue weighted by molar-refractivity contribution is 5.92. The van der Waals surface area contributed by atoms with Crippen molar-refractivity contribution in [1.82, 2.24) is 4.90 Å². The van der Waals surface area contributed by atoms with Gasteiger partial charge < -0.3 is 20.5 Å². The van der Waals surface area contributed by atoms with Gasteiger partial charge in [-0.1, -0.05) is 42.5 Å². The van der Waals surface area contributed by atoms with Crippen molar-refractivity contribution in [2.75, 3.05) is 38.7 Å². The molecule has 2 aromatic carbocycles. The minimum atomic E-state index is 0.399. The molecule has 3 N–H and O–H groups in total. The lowest BCUT2D eigenvalue weighted by Gasteiger charge is -2.26. The Bertz CT molecular complexity index is 740. The largest absolute Gasteiger partial charge is 0.380 e. The topological polar surface area (TPSA) is 72.1 Å². The van der Waals surface area contributed by atoms with Crippen LogP contribution >= 0.6 is 0 Å². The number of aliphatic imine (C=N–C) groups is 1. The predicted octanol–water partition coefficient (Wildman–Crippen LogP) is 2.59. The first kappa shape index (κ1) is 19.4. The van der Waals surface area contributed by atoms with Crippen LogP contribution in [0.1, 0.15) is 16.7 Å². The molecule has 0 saturated carbocycles. The van der Waals surface area contributed by atoms with Gasteiger partial charge in [0.05, 0.1) is 26.4 Å². The van der Waals surface area contributed by atoms with Crippen LogP contribution in [0.2, 0.25) is 0 Å². The van der Waals surface area contributed by atoms with Gasteiger partial charge in [-0.3, -0.25) is 4.90 Å². The molecule has 0 aromatic heterocycles. The van der Waals surface area contributed by atoms with Gasteiger partial charge in [0.25, 0.3) is 0 Å². The van der Waals surface area contributed by atoms with Gasteiger partial charge in [-0.05, 0) is 17.2 Å². The number of nitrogens with one attached hydrogen (secondary N) is 1. The number of ether oxygens (including phenoxy) is 2. The van der Waals surface area contributed by atoms with E-state index in [1.54, 1.807) is 7.11 Å². The first-order chi connectivity index (χ1) is 13.2. The van der Waals surface area contributed by atoms with Gasteiger partial charge in [0.2, 0.25) is 0 Å². The molecule has 0 spiro atoms. The number of hydrogen-bond acceptors (Lipinski definition) is 4. The van der Waals surface area contributed by atoms with Crippen LogP contribution in [-0.2, 0) is 29.2 Å². The van der Waals surface area contributed by atoms with Crippen LogP contribution in [0.15, 0.2) is 53.5 Å². The zero-order valence-electron chi connectivity index (χ0n) is 15.9. The molecule has 3 rings (SSSR count). The average molecular weight is 368 g/mol. The molecular weight excluding hydrogens is 340 g/mol. The fraction of sp³-hybridized carbons (Fsp3) is 0.381. The highest BCUT2D eigenvalue weighted by Gasteiger charge is 2.10. The van der Waals surface area contributed by atoms with Gasteiger partial charge in [-0.25, -0.2) is 4.99 Å². The van der Waals surface area contributed by atoms with E-state index in [0.717, 1.165) is 49.7 Å². The van der Waals surface area contributed by atoms with Crippen LogP contribution in [-0.4, -0.2) is 44.3 Å². The minimum Gasteiger partial charge on any atom is -0.380 e. The average Bonchev–Trinajstić information content (AvgIpc) is 2.70. The lowest BCUT2D eigenvalue weighted by Crippen LogP contribution is -2.35. The number of nitrogens with two attached hydrogens (primary N) is 1. The quantitative estimate of drug-likeness (QED) is 0.581. The van der Waals surface area contributed by atoms with E-state index in [2.05, 4.69) is 39.5 Å². The maximum absolute atomic E-state index is 6.05. The predicted molar refractivity (Wildman–Crippen MR) is 109 cm³/mol. The maximum atomic E-state index is 6.05. The molecule has 1 aliphatic rings. The molecule has 0 amide bonds. The molecule has 1 saturated heterocycles. The summed E-state index contributed by atoms with van der Waals surface area (Å²) in [5, 5.41) is 3.16. The number of para-hydroxylation sites is 1. The van der Waals surface area contributed by atoms with Gasteiger partial charge in [0.1, 0.15) is 0 Å². The van der Waals surface area contributed by atoms with Crippen LogP contribution in [0.3, 0.4) is 0 Å². The number of benzene rings is 2. The van der Waals surface area contributed by atoms with Crippen LogP contribution < -0.4 is 11.1 Å². The second-order valence-corrected chi connectivity index (χ2v) is 6.62. The molecule has 1 aliphatic heterocycles. The SMILES string of the molecule is COCc1ccccc1NC(N)=NCc1ccc(CN2CCOCC2)cc1. The molecule has 6 nitrogen and oxygen atoms in total. The van der Waals surface area contributed by atoms with E-state index in [0.29, 0.717) is 19.1 Å². The van der Waals surface area contributed by atoms with Crippen molar-refractivity contribution in [3.8, 4) is 0 Å². The van der Waals surface area contributed by atoms with Crippen molar-refractivity contribution in [3.05, 3.63) is 65.2 Å². The molecule has 0 radical (unpaired) electrons. The van der Waals surface area contributed by atoms with E-state index >= 15 is 0 Å². The van der Waals surface area contributed by atoms with Gasteiger partial charge in [-0.15, -0.1) is 0 Å². The standard InChI is InChI=1S/C21H28N4O2/c1-26-16-19-4-2-3-5-20(19)24-21(22)23-14-17-6-8-18(9-7-17)15-25-10-12-27-13-11-25/h2-9H,10-16H2,1H3,(H3,22,23,24). The Hall–Kier alpha value is -2.41. The summed E-state index contributed by atoms with van der Waals surface area (Å²) in [7, 11) is 1.68. The lowest BCUT2D eigenvalue weighted by atomic mass is 10.1. The Labute approximate surface area is 161 Å². The second-order valence-electron chi connectivity index (χ2n) is 6.62. The van der Waals surface area contributed by atoms with E-state index in [9.17, 15) is 0 Å². The number of morpholine rings is 1. The summed E-state index contributed by atoms with van der Waals surface area (Å²) in [6.07, 6.45) is 0. The van der Waals surface area contributed by atoms with Crippen molar-refractivity contribution >= 4 is 11.6 Å². The Kier molecular flexibility index (Phi) is 7.21. The third-order valence-corrected chi connectivity index (χ3v) is 4.54. The number of nitrogens with zero attached hydrogens (tertiary/aromatic N) is 2. The number of hydrogen-bond donors (Lipinski definition) is 2. The summed E-state index contributed by atoms with van der Waals surface area (Å²) in [6.45, 7) is 5.69. The zero-order chi connectivity index (χ0) is 18.9. The monoisotopic (exact) mass is 368 g/mol. The lowest BCUT2D eigenvalue weighted by molar-refractivity contribution is 0.0342. The molecule has 1 heterocycles. The first-order valence-electron chi connectivity index (χ1n) is 9.26. The Morgan fingerprint density at radius 3 is 2.56 bits per heavy atom. The molecule has 0 atom stereocenters. The van der Waals surface area contributed by atoms with Crippen molar-refractivity contribution in [3.63, 3.8) is 0 Å². The van der Waals surface area contributed by atoms with E-state index < -0.39 is 0 Å². The van der Waals surface area contributed by atoms with Crippen LogP contribution in [0.5, 0.6) is 0 Å². The minimum absolute atomic E-state index is 0.399. The van der Waals surface area contributed by atoms with Crippen LogP contribution in [0.4, 0.5) is 5.69 Å². The molecule has 0 unspecified atom stereocenters. The number of guanidine groups is 1. The molecule has 0 aliphatic carbocycles. The van der Waals surface area contributed by atoms with E-state index in [1.807, 2.05) is 24.3 Å². The van der Waals surface area contributed by atoms with E-state index in [4.69, 9.17) is 15.2 Å². The summed E-state index contributed by atoms with van der Waals surface area (Å²) in [6, 6.07) is 16.5.